The Morgan fingerprint density at radius 1 is 1.11 bits per heavy atom. The molecule has 0 aromatic heterocycles. The Bertz CT molecular complexity index is 769. The van der Waals surface area contributed by atoms with Crippen LogP contribution in [0.15, 0.2) is 23.8 Å². The molecule has 8 heteroatoms. The van der Waals surface area contributed by atoms with E-state index in [9.17, 15) is 14.4 Å². The molecular weight excluding hydrogens is 368 g/mol. The van der Waals surface area contributed by atoms with Gasteiger partial charge in [-0.2, -0.15) is 0 Å². The van der Waals surface area contributed by atoms with Crippen molar-refractivity contribution in [2.24, 2.45) is 0 Å². The predicted molar refractivity (Wildman–Crippen MR) is 98.6 cm³/mol. The number of cyclic esters (lactones) is 2. The summed E-state index contributed by atoms with van der Waals surface area (Å²) in [4.78, 5) is 35.8. The van der Waals surface area contributed by atoms with Gasteiger partial charge in [-0.1, -0.05) is 6.07 Å². The lowest BCUT2D eigenvalue weighted by Gasteiger charge is -2.29. The molecule has 1 fully saturated rings. The van der Waals surface area contributed by atoms with Crippen LogP contribution in [0.4, 0.5) is 0 Å². The molecular formula is C20H24O8. The monoisotopic (exact) mass is 392 g/mol. The topological polar surface area (TPSA) is 97.4 Å². The Labute approximate surface area is 163 Å². The van der Waals surface area contributed by atoms with E-state index in [0.717, 1.165) is 0 Å². The van der Waals surface area contributed by atoms with Crippen LogP contribution in [0.3, 0.4) is 0 Å². The molecule has 0 amide bonds. The molecule has 1 aliphatic rings. The molecule has 2 rings (SSSR count). The number of rotatable bonds is 7. The Kier molecular flexibility index (Phi) is 6.66. The van der Waals surface area contributed by atoms with Crippen LogP contribution < -0.4 is 9.47 Å². The number of esters is 3. The summed E-state index contributed by atoms with van der Waals surface area (Å²) in [6.45, 7) is 8.31. The Balaban J connectivity index is 2.21. The van der Waals surface area contributed by atoms with Gasteiger partial charge in [-0.3, -0.25) is 0 Å². The third-order valence-electron chi connectivity index (χ3n) is 3.41. The van der Waals surface area contributed by atoms with E-state index < -0.39 is 23.7 Å². The van der Waals surface area contributed by atoms with Crippen molar-refractivity contribution >= 4 is 24.0 Å². The van der Waals surface area contributed by atoms with Crippen LogP contribution in [0, 0.1) is 0 Å². The van der Waals surface area contributed by atoms with Gasteiger partial charge in [0.15, 0.2) is 18.1 Å². The summed E-state index contributed by atoms with van der Waals surface area (Å²) in [5.74, 6) is -2.65. The van der Waals surface area contributed by atoms with Crippen LogP contribution in [-0.2, 0) is 28.6 Å². The third kappa shape index (κ3) is 5.73. The van der Waals surface area contributed by atoms with Crippen molar-refractivity contribution in [1.29, 1.82) is 0 Å². The van der Waals surface area contributed by atoms with Gasteiger partial charge in [0, 0.05) is 13.8 Å². The largest absolute Gasteiger partial charge is 0.490 e. The maximum absolute atomic E-state index is 12.1. The molecule has 0 spiro atoms. The van der Waals surface area contributed by atoms with Crippen LogP contribution in [0.1, 0.15) is 40.2 Å². The zero-order valence-corrected chi connectivity index (χ0v) is 16.6. The SMILES string of the molecule is CCOc1cc(C=C2C(=O)OC(C)(C)OC2=O)ccc1OCC(=O)OC(C)C. The normalized spacial score (nSPS) is 15.6. The lowest BCUT2D eigenvalue weighted by molar-refractivity contribution is -0.222. The number of hydrogen-bond donors (Lipinski definition) is 0. The van der Waals surface area contributed by atoms with Crippen molar-refractivity contribution in [3.05, 3.63) is 29.3 Å². The first kappa shape index (κ1) is 21.3. The molecule has 1 aromatic rings. The van der Waals surface area contributed by atoms with Gasteiger partial charge < -0.3 is 23.7 Å². The molecule has 8 nitrogen and oxygen atoms in total. The third-order valence-corrected chi connectivity index (χ3v) is 3.41. The molecule has 1 heterocycles. The summed E-state index contributed by atoms with van der Waals surface area (Å²) in [7, 11) is 0. The second-order valence-electron chi connectivity index (χ2n) is 6.70. The number of hydrogen-bond acceptors (Lipinski definition) is 8. The van der Waals surface area contributed by atoms with Gasteiger partial charge in [0.2, 0.25) is 0 Å². The van der Waals surface area contributed by atoms with E-state index >= 15 is 0 Å². The standard InChI is InChI=1S/C20H24O8/c1-6-24-16-10-13(7-8-15(16)25-11-17(21)26-12(2)3)9-14-18(22)27-20(4,5)28-19(14)23/h7-10,12H,6,11H2,1-5H3. The molecule has 1 saturated heterocycles. The summed E-state index contributed by atoms with van der Waals surface area (Å²) < 4.78 is 26.1. The molecule has 1 aliphatic heterocycles. The molecule has 0 unspecified atom stereocenters. The summed E-state index contributed by atoms with van der Waals surface area (Å²) in [6.07, 6.45) is 1.11. The molecule has 1 aromatic carbocycles. The minimum absolute atomic E-state index is 0.226. The fourth-order valence-electron chi connectivity index (χ4n) is 2.38. The predicted octanol–water partition coefficient (Wildman–Crippen LogP) is 2.64. The van der Waals surface area contributed by atoms with Gasteiger partial charge in [0.25, 0.3) is 5.79 Å². The van der Waals surface area contributed by atoms with Crippen LogP contribution in [0.5, 0.6) is 11.5 Å². The molecule has 152 valence electrons. The van der Waals surface area contributed by atoms with Gasteiger partial charge in [0.1, 0.15) is 5.57 Å². The van der Waals surface area contributed by atoms with Crippen molar-refractivity contribution in [1.82, 2.24) is 0 Å². The number of ether oxygens (including phenoxy) is 5. The molecule has 0 bridgehead atoms. The highest BCUT2D eigenvalue weighted by Gasteiger charge is 2.38. The number of carbonyl (C=O) groups is 3. The first-order valence-corrected chi connectivity index (χ1v) is 8.89. The second kappa shape index (κ2) is 8.77. The zero-order chi connectivity index (χ0) is 20.9. The first-order valence-electron chi connectivity index (χ1n) is 8.89. The van der Waals surface area contributed by atoms with E-state index in [1.807, 2.05) is 0 Å². The highest BCUT2D eigenvalue weighted by molar-refractivity contribution is 6.18. The van der Waals surface area contributed by atoms with E-state index in [0.29, 0.717) is 23.7 Å². The maximum Gasteiger partial charge on any atom is 0.348 e. The number of carbonyl (C=O) groups excluding carboxylic acids is 3. The molecule has 0 N–H and O–H groups in total. The Morgan fingerprint density at radius 3 is 2.32 bits per heavy atom. The van der Waals surface area contributed by atoms with E-state index in [-0.39, 0.29) is 18.3 Å². The van der Waals surface area contributed by atoms with E-state index in [1.54, 1.807) is 39.0 Å². The first-order chi connectivity index (χ1) is 13.1. The fourth-order valence-corrected chi connectivity index (χ4v) is 2.38. The zero-order valence-electron chi connectivity index (χ0n) is 16.6. The molecule has 0 aliphatic carbocycles. The lowest BCUT2D eigenvalue weighted by Crippen LogP contribution is -2.41. The van der Waals surface area contributed by atoms with Crippen molar-refractivity contribution in [3.63, 3.8) is 0 Å². The van der Waals surface area contributed by atoms with Gasteiger partial charge in [-0.15, -0.1) is 0 Å². The minimum Gasteiger partial charge on any atom is -0.490 e. The summed E-state index contributed by atoms with van der Waals surface area (Å²) in [5, 5.41) is 0. The average molecular weight is 392 g/mol. The number of benzene rings is 1. The highest BCUT2D eigenvalue weighted by atomic mass is 16.7. The van der Waals surface area contributed by atoms with E-state index in [1.165, 1.54) is 19.9 Å². The molecule has 0 atom stereocenters. The lowest BCUT2D eigenvalue weighted by atomic mass is 10.1. The van der Waals surface area contributed by atoms with Crippen molar-refractivity contribution in [2.75, 3.05) is 13.2 Å². The molecule has 28 heavy (non-hydrogen) atoms. The van der Waals surface area contributed by atoms with Crippen LogP contribution >= 0.6 is 0 Å². The van der Waals surface area contributed by atoms with Crippen LogP contribution in [0.25, 0.3) is 6.08 Å². The van der Waals surface area contributed by atoms with Gasteiger partial charge >= 0.3 is 17.9 Å². The van der Waals surface area contributed by atoms with Crippen molar-refractivity contribution < 1.29 is 38.1 Å². The van der Waals surface area contributed by atoms with Gasteiger partial charge in [-0.25, -0.2) is 14.4 Å². The van der Waals surface area contributed by atoms with Crippen LogP contribution in [-0.4, -0.2) is 43.0 Å². The average Bonchev–Trinajstić information content (AvgIpc) is 2.56. The highest BCUT2D eigenvalue weighted by Crippen LogP contribution is 2.31. The summed E-state index contributed by atoms with van der Waals surface area (Å²) in [5.41, 5.74) is 0.278. The summed E-state index contributed by atoms with van der Waals surface area (Å²) in [6, 6.07) is 4.77. The Morgan fingerprint density at radius 2 is 1.75 bits per heavy atom. The Hall–Kier alpha value is -3.03. The maximum atomic E-state index is 12.1. The van der Waals surface area contributed by atoms with Crippen molar-refractivity contribution in [2.45, 2.75) is 46.5 Å². The molecule has 0 radical (unpaired) electrons. The van der Waals surface area contributed by atoms with Crippen molar-refractivity contribution in [3.8, 4) is 11.5 Å². The second-order valence-corrected chi connectivity index (χ2v) is 6.70. The van der Waals surface area contributed by atoms with Gasteiger partial charge in [-0.05, 0) is 44.5 Å². The smallest absolute Gasteiger partial charge is 0.348 e. The van der Waals surface area contributed by atoms with Crippen LogP contribution in [0.2, 0.25) is 0 Å². The van der Waals surface area contributed by atoms with E-state index in [4.69, 9.17) is 23.7 Å². The quantitative estimate of drug-likeness (QED) is 0.397. The summed E-state index contributed by atoms with van der Waals surface area (Å²) >= 11 is 0. The van der Waals surface area contributed by atoms with Gasteiger partial charge in [0.05, 0.1) is 12.7 Å². The fraction of sp³-hybridized carbons (Fsp3) is 0.450. The molecule has 0 saturated carbocycles. The minimum atomic E-state index is -1.30. The van der Waals surface area contributed by atoms with E-state index in [2.05, 4.69) is 0 Å².